The van der Waals surface area contributed by atoms with Crippen LogP contribution in [-0.2, 0) is 14.3 Å². The number of carbonyl (C=O) groups excluding carboxylic acids is 2. The fraction of sp³-hybridized carbons (Fsp3) is 0.500. The van der Waals surface area contributed by atoms with Crippen LogP contribution in [0.5, 0.6) is 0 Å². The van der Waals surface area contributed by atoms with Gasteiger partial charge in [0.05, 0.1) is 11.7 Å². The monoisotopic (exact) mass is 304 g/mol. The van der Waals surface area contributed by atoms with Gasteiger partial charge in [-0.15, -0.1) is 0 Å². The maximum absolute atomic E-state index is 12.9. The number of allylic oxidation sites excluding steroid dienone is 2. The Morgan fingerprint density at radius 3 is 2.64 bits per heavy atom. The van der Waals surface area contributed by atoms with Crippen LogP contribution >= 0.6 is 0 Å². The molecule has 1 N–H and O–H groups in total. The molecule has 0 saturated heterocycles. The molecule has 0 radical (unpaired) electrons. The summed E-state index contributed by atoms with van der Waals surface area (Å²) < 4.78 is 5.75. The molecule has 0 aromatic rings. The van der Waals surface area contributed by atoms with Crippen molar-refractivity contribution in [3.8, 4) is 0 Å². The van der Waals surface area contributed by atoms with Gasteiger partial charge in [-0.3, -0.25) is 14.6 Å². The molecule has 2 heterocycles. The lowest BCUT2D eigenvalue weighted by Crippen LogP contribution is -2.47. The standard InChI is InChI=1S/C16H20N2O4/c1-16(2)8-10(19)11-13(20)9-6-5-7-18(17(3)4)12(9)14(21)15(11)22-16/h5,7,10,19H,6,8H2,1-4H3. The topological polar surface area (TPSA) is 70.1 Å². The van der Waals surface area contributed by atoms with Gasteiger partial charge in [-0.2, -0.15) is 0 Å². The Balaban J connectivity index is 2.11. The number of aliphatic hydroxyl groups is 1. The van der Waals surface area contributed by atoms with Crippen LogP contribution in [0.1, 0.15) is 26.7 Å². The summed E-state index contributed by atoms with van der Waals surface area (Å²) in [5.74, 6) is -0.632. The third-order valence-electron chi connectivity index (χ3n) is 4.10. The lowest BCUT2D eigenvalue weighted by Gasteiger charge is -2.41. The van der Waals surface area contributed by atoms with Crippen molar-refractivity contribution in [2.45, 2.75) is 38.4 Å². The third-order valence-corrected chi connectivity index (χ3v) is 4.10. The van der Waals surface area contributed by atoms with Crippen molar-refractivity contribution >= 4 is 11.6 Å². The second-order valence-corrected chi connectivity index (χ2v) is 6.59. The number of nitrogens with zero attached hydrogens (tertiary/aromatic N) is 2. The van der Waals surface area contributed by atoms with E-state index in [0.717, 1.165) is 0 Å². The molecule has 0 fully saturated rings. The van der Waals surface area contributed by atoms with Gasteiger partial charge in [0, 0.05) is 32.3 Å². The molecule has 1 aliphatic carbocycles. The van der Waals surface area contributed by atoms with Gasteiger partial charge < -0.3 is 9.84 Å². The number of ketones is 2. The molecular weight excluding hydrogens is 284 g/mol. The SMILES string of the molecule is CN(C)N1C=CCC2=C1C(=O)C1=C(C2=O)C(O)CC(C)(C)O1. The molecule has 3 aliphatic rings. The second-order valence-electron chi connectivity index (χ2n) is 6.59. The van der Waals surface area contributed by atoms with Crippen LogP contribution in [-0.4, -0.2) is 52.5 Å². The first-order valence-electron chi connectivity index (χ1n) is 7.30. The molecule has 0 aromatic heterocycles. The van der Waals surface area contributed by atoms with Crippen LogP contribution in [0.4, 0.5) is 0 Å². The normalized spacial score (nSPS) is 27.2. The number of hydrogen-bond acceptors (Lipinski definition) is 6. The highest BCUT2D eigenvalue weighted by atomic mass is 16.5. The molecule has 0 saturated carbocycles. The summed E-state index contributed by atoms with van der Waals surface area (Å²) in [6.07, 6.45) is 3.30. The van der Waals surface area contributed by atoms with Crippen LogP contribution in [0.25, 0.3) is 0 Å². The maximum atomic E-state index is 12.9. The van der Waals surface area contributed by atoms with Crippen LogP contribution in [0.2, 0.25) is 0 Å². The lowest BCUT2D eigenvalue weighted by molar-refractivity contribution is -0.129. The average Bonchev–Trinajstić information content (AvgIpc) is 2.42. The van der Waals surface area contributed by atoms with E-state index in [4.69, 9.17) is 4.74 Å². The Bertz CT molecular complexity index is 655. The summed E-state index contributed by atoms with van der Waals surface area (Å²) in [5, 5.41) is 13.7. The van der Waals surface area contributed by atoms with Crippen LogP contribution in [0, 0.1) is 0 Å². The van der Waals surface area contributed by atoms with E-state index in [1.807, 2.05) is 6.08 Å². The van der Waals surface area contributed by atoms with Crippen molar-refractivity contribution in [1.82, 2.24) is 10.0 Å². The third kappa shape index (κ3) is 2.10. The van der Waals surface area contributed by atoms with Crippen molar-refractivity contribution in [2.24, 2.45) is 0 Å². The fourth-order valence-electron chi connectivity index (χ4n) is 3.14. The zero-order chi connectivity index (χ0) is 16.2. The van der Waals surface area contributed by atoms with Crippen molar-refractivity contribution in [3.63, 3.8) is 0 Å². The number of hydrazine groups is 1. The summed E-state index contributed by atoms with van der Waals surface area (Å²) in [6, 6.07) is 0. The highest BCUT2D eigenvalue weighted by molar-refractivity contribution is 6.25. The van der Waals surface area contributed by atoms with Gasteiger partial charge in [-0.25, -0.2) is 5.01 Å². The van der Waals surface area contributed by atoms with Crippen LogP contribution in [0.3, 0.4) is 0 Å². The first-order valence-corrected chi connectivity index (χ1v) is 7.30. The Morgan fingerprint density at radius 1 is 1.32 bits per heavy atom. The minimum atomic E-state index is -0.969. The van der Waals surface area contributed by atoms with E-state index in [-0.39, 0.29) is 22.9 Å². The fourth-order valence-corrected chi connectivity index (χ4v) is 3.14. The van der Waals surface area contributed by atoms with E-state index in [1.54, 1.807) is 44.2 Å². The first kappa shape index (κ1) is 15.0. The molecule has 0 bridgehead atoms. The van der Waals surface area contributed by atoms with Gasteiger partial charge in [-0.05, 0) is 20.3 Å². The predicted octanol–water partition coefficient (Wildman–Crippen LogP) is 0.902. The van der Waals surface area contributed by atoms with E-state index in [9.17, 15) is 14.7 Å². The zero-order valence-corrected chi connectivity index (χ0v) is 13.2. The number of rotatable bonds is 1. The molecule has 3 rings (SSSR count). The highest BCUT2D eigenvalue weighted by Gasteiger charge is 2.47. The smallest absolute Gasteiger partial charge is 0.246 e. The summed E-state index contributed by atoms with van der Waals surface area (Å²) in [5.41, 5.74) is 0.167. The number of hydrogen-bond donors (Lipinski definition) is 1. The quantitative estimate of drug-likeness (QED) is 0.726. The Kier molecular flexibility index (Phi) is 3.27. The second kappa shape index (κ2) is 4.79. The largest absolute Gasteiger partial charge is 0.483 e. The maximum Gasteiger partial charge on any atom is 0.246 e. The van der Waals surface area contributed by atoms with Crippen molar-refractivity contribution in [1.29, 1.82) is 0 Å². The van der Waals surface area contributed by atoms with Crippen molar-refractivity contribution < 1.29 is 19.4 Å². The minimum Gasteiger partial charge on any atom is -0.483 e. The predicted molar refractivity (Wildman–Crippen MR) is 79.1 cm³/mol. The Morgan fingerprint density at radius 2 is 2.00 bits per heavy atom. The molecule has 0 aromatic carbocycles. The first-order chi connectivity index (χ1) is 10.2. The Labute approximate surface area is 129 Å². The molecule has 6 nitrogen and oxygen atoms in total. The van der Waals surface area contributed by atoms with Gasteiger partial charge in [0.15, 0.2) is 11.5 Å². The molecule has 0 spiro atoms. The van der Waals surface area contributed by atoms with E-state index < -0.39 is 11.7 Å². The average molecular weight is 304 g/mol. The molecule has 1 unspecified atom stereocenters. The highest BCUT2D eigenvalue weighted by Crippen LogP contribution is 2.40. The Hall–Kier alpha value is -1.92. The zero-order valence-electron chi connectivity index (χ0n) is 13.2. The summed E-state index contributed by atoms with van der Waals surface area (Å²) >= 11 is 0. The lowest BCUT2D eigenvalue weighted by atomic mass is 9.81. The molecule has 6 heteroatoms. The molecule has 118 valence electrons. The van der Waals surface area contributed by atoms with E-state index in [2.05, 4.69) is 0 Å². The summed E-state index contributed by atoms with van der Waals surface area (Å²) in [7, 11) is 3.59. The molecule has 2 aliphatic heterocycles. The van der Waals surface area contributed by atoms with Gasteiger partial charge in [0.25, 0.3) is 0 Å². The number of Topliss-reactive ketones (excluding diaryl/α,β-unsaturated/α-hetero) is 2. The van der Waals surface area contributed by atoms with E-state index >= 15 is 0 Å². The molecule has 0 amide bonds. The van der Waals surface area contributed by atoms with Crippen molar-refractivity contribution in [3.05, 3.63) is 34.9 Å². The van der Waals surface area contributed by atoms with Gasteiger partial charge in [-0.1, -0.05) is 6.08 Å². The van der Waals surface area contributed by atoms with E-state index in [1.165, 1.54) is 0 Å². The number of aliphatic hydroxyl groups excluding tert-OH is 1. The van der Waals surface area contributed by atoms with Gasteiger partial charge in [0.2, 0.25) is 5.78 Å². The summed E-state index contributed by atoms with van der Waals surface area (Å²) in [4.78, 5) is 25.6. The molecular formula is C16H20N2O4. The van der Waals surface area contributed by atoms with Crippen LogP contribution < -0.4 is 0 Å². The van der Waals surface area contributed by atoms with Gasteiger partial charge in [0.1, 0.15) is 11.3 Å². The number of carbonyl (C=O) groups is 2. The van der Waals surface area contributed by atoms with Gasteiger partial charge >= 0.3 is 0 Å². The molecule has 1 atom stereocenters. The summed E-state index contributed by atoms with van der Waals surface area (Å²) in [6.45, 7) is 3.60. The molecule has 22 heavy (non-hydrogen) atoms. The minimum absolute atomic E-state index is 0.00495. The van der Waals surface area contributed by atoms with Crippen LogP contribution in [0.15, 0.2) is 34.9 Å². The number of ether oxygens (including phenoxy) is 1. The van der Waals surface area contributed by atoms with E-state index in [0.29, 0.717) is 24.1 Å². The van der Waals surface area contributed by atoms with Crippen molar-refractivity contribution in [2.75, 3.05) is 14.1 Å².